The number of benzene rings is 2. The number of fused-ring (bicyclic) bond motifs is 1. The number of nitrogens with one attached hydrogen (secondary N) is 1. The molecular formula is C18H19ClN2O3. The molecular weight excluding hydrogens is 328 g/mol. The first kappa shape index (κ1) is 16.7. The fraction of sp³-hybridized carbons (Fsp3) is 0.333. The average molecular weight is 347 g/mol. The van der Waals surface area contributed by atoms with Gasteiger partial charge in [0.1, 0.15) is 0 Å². The second kappa shape index (κ2) is 7.20. The van der Waals surface area contributed by atoms with Crippen molar-refractivity contribution in [2.75, 3.05) is 19.6 Å². The molecule has 1 fully saturated rings. The molecule has 1 aliphatic heterocycles. The predicted molar refractivity (Wildman–Crippen MR) is 93.0 cm³/mol. The maximum atomic E-state index is 11.8. The molecule has 1 saturated heterocycles. The second-order valence-corrected chi connectivity index (χ2v) is 6.47. The standard InChI is InChI=1S/C18H19ClN2O3/c19-15-4-5-16-12(8-15)2-1-3-13(16)10-20-6-7-21-11-14(18(23)24)9-17(21)22/h1-5,8,14,20H,6-7,9-11H2,(H,23,24). The van der Waals surface area contributed by atoms with E-state index in [-0.39, 0.29) is 12.3 Å². The third kappa shape index (κ3) is 3.68. The molecule has 0 radical (unpaired) electrons. The Labute approximate surface area is 145 Å². The summed E-state index contributed by atoms with van der Waals surface area (Å²) in [5.74, 6) is -1.54. The average Bonchev–Trinajstić information content (AvgIpc) is 2.92. The van der Waals surface area contributed by atoms with Crippen molar-refractivity contribution in [3.63, 3.8) is 0 Å². The molecule has 1 unspecified atom stereocenters. The fourth-order valence-electron chi connectivity index (χ4n) is 3.07. The van der Waals surface area contributed by atoms with Gasteiger partial charge < -0.3 is 15.3 Å². The molecule has 0 bridgehead atoms. The molecule has 0 aliphatic carbocycles. The Morgan fingerprint density at radius 2 is 2.17 bits per heavy atom. The number of carbonyl (C=O) groups is 2. The van der Waals surface area contributed by atoms with E-state index in [4.69, 9.17) is 16.7 Å². The van der Waals surface area contributed by atoms with E-state index >= 15 is 0 Å². The molecule has 24 heavy (non-hydrogen) atoms. The summed E-state index contributed by atoms with van der Waals surface area (Å²) in [6.45, 7) is 2.15. The summed E-state index contributed by atoms with van der Waals surface area (Å²) >= 11 is 6.02. The Morgan fingerprint density at radius 3 is 2.92 bits per heavy atom. The van der Waals surface area contributed by atoms with Gasteiger partial charge in [0.15, 0.2) is 0 Å². The Kier molecular flexibility index (Phi) is 5.02. The monoisotopic (exact) mass is 346 g/mol. The molecule has 0 spiro atoms. The van der Waals surface area contributed by atoms with E-state index in [1.807, 2.05) is 30.3 Å². The van der Waals surface area contributed by atoms with Crippen molar-refractivity contribution in [2.45, 2.75) is 13.0 Å². The van der Waals surface area contributed by atoms with Crippen LogP contribution in [0.4, 0.5) is 0 Å². The van der Waals surface area contributed by atoms with Crippen LogP contribution in [0, 0.1) is 5.92 Å². The molecule has 2 aromatic rings. The summed E-state index contributed by atoms with van der Waals surface area (Å²) < 4.78 is 0. The van der Waals surface area contributed by atoms with Gasteiger partial charge in [-0.25, -0.2) is 0 Å². The van der Waals surface area contributed by atoms with E-state index in [2.05, 4.69) is 11.4 Å². The van der Waals surface area contributed by atoms with Gasteiger partial charge in [-0.05, 0) is 28.5 Å². The lowest BCUT2D eigenvalue weighted by Gasteiger charge is -2.16. The van der Waals surface area contributed by atoms with Crippen molar-refractivity contribution in [3.8, 4) is 0 Å². The van der Waals surface area contributed by atoms with Crippen LogP contribution in [0.3, 0.4) is 0 Å². The molecule has 0 saturated carbocycles. The van der Waals surface area contributed by atoms with Gasteiger partial charge in [0.2, 0.25) is 5.91 Å². The molecule has 1 heterocycles. The number of aliphatic carboxylic acids is 1. The van der Waals surface area contributed by atoms with Crippen molar-refractivity contribution in [1.82, 2.24) is 10.2 Å². The van der Waals surface area contributed by atoms with E-state index in [1.54, 1.807) is 4.90 Å². The topological polar surface area (TPSA) is 69.6 Å². The maximum Gasteiger partial charge on any atom is 0.308 e. The second-order valence-electron chi connectivity index (χ2n) is 6.04. The van der Waals surface area contributed by atoms with Gasteiger partial charge in [0.25, 0.3) is 0 Å². The molecule has 2 N–H and O–H groups in total. The highest BCUT2D eigenvalue weighted by Gasteiger charge is 2.33. The summed E-state index contributed by atoms with van der Waals surface area (Å²) in [4.78, 5) is 24.4. The molecule has 0 aromatic heterocycles. The van der Waals surface area contributed by atoms with Crippen LogP contribution in [0.1, 0.15) is 12.0 Å². The van der Waals surface area contributed by atoms with Crippen LogP contribution in [0.15, 0.2) is 36.4 Å². The summed E-state index contributed by atoms with van der Waals surface area (Å²) in [5, 5.41) is 15.3. The van der Waals surface area contributed by atoms with Crippen LogP contribution < -0.4 is 5.32 Å². The van der Waals surface area contributed by atoms with Crippen molar-refractivity contribution in [2.24, 2.45) is 5.92 Å². The van der Waals surface area contributed by atoms with Gasteiger partial charge in [0.05, 0.1) is 5.92 Å². The minimum absolute atomic E-state index is 0.0796. The van der Waals surface area contributed by atoms with E-state index < -0.39 is 11.9 Å². The Bertz CT molecular complexity index is 778. The first-order chi connectivity index (χ1) is 11.5. The molecule has 3 rings (SSSR count). The summed E-state index contributed by atoms with van der Waals surface area (Å²) in [6.07, 6.45) is 0.111. The minimum Gasteiger partial charge on any atom is -0.481 e. The Hall–Kier alpha value is -2.11. The molecule has 2 aromatic carbocycles. The highest BCUT2D eigenvalue weighted by Crippen LogP contribution is 2.22. The quantitative estimate of drug-likeness (QED) is 0.788. The summed E-state index contributed by atoms with van der Waals surface area (Å²) in [6, 6.07) is 11.9. The van der Waals surface area contributed by atoms with Gasteiger partial charge in [-0.2, -0.15) is 0 Å². The van der Waals surface area contributed by atoms with Crippen LogP contribution in [-0.2, 0) is 16.1 Å². The van der Waals surface area contributed by atoms with Crippen molar-refractivity contribution in [1.29, 1.82) is 0 Å². The number of carboxylic acids is 1. The first-order valence-electron chi connectivity index (χ1n) is 7.93. The number of rotatable bonds is 6. The molecule has 1 atom stereocenters. The number of hydrogen-bond donors (Lipinski definition) is 2. The van der Waals surface area contributed by atoms with Gasteiger partial charge in [-0.15, -0.1) is 0 Å². The van der Waals surface area contributed by atoms with Gasteiger partial charge in [-0.1, -0.05) is 35.9 Å². The molecule has 126 valence electrons. The van der Waals surface area contributed by atoms with Crippen LogP contribution in [0.5, 0.6) is 0 Å². The maximum absolute atomic E-state index is 11.8. The number of hydrogen-bond acceptors (Lipinski definition) is 3. The van der Waals surface area contributed by atoms with Crippen molar-refractivity contribution < 1.29 is 14.7 Å². The first-order valence-corrected chi connectivity index (χ1v) is 8.31. The number of nitrogens with zero attached hydrogens (tertiary/aromatic N) is 1. The summed E-state index contributed by atoms with van der Waals surface area (Å²) in [7, 11) is 0. The lowest BCUT2D eigenvalue weighted by Crippen LogP contribution is -2.33. The third-order valence-corrected chi connectivity index (χ3v) is 4.61. The van der Waals surface area contributed by atoms with E-state index in [0.29, 0.717) is 31.2 Å². The van der Waals surface area contributed by atoms with Gasteiger partial charge in [0, 0.05) is 37.6 Å². The zero-order valence-electron chi connectivity index (χ0n) is 13.2. The van der Waals surface area contributed by atoms with Crippen LogP contribution in [-0.4, -0.2) is 41.5 Å². The zero-order chi connectivity index (χ0) is 17.1. The van der Waals surface area contributed by atoms with E-state index in [0.717, 1.165) is 10.8 Å². The van der Waals surface area contributed by atoms with Crippen LogP contribution in [0.25, 0.3) is 10.8 Å². The summed E-state index contributed by atoms with van der Waals surface area (Å²) in [5.41, 5.74) is 1.17. The third-order valence-electron chi connectivity index (χ3n) is 4.37. The SMILES string of the molecule is O=C(O)C1CC(=O)N(CCNCc2cccc3cc(Cl)ccc23)C1. The molecule has 1 amide bonds. The molecule has 6 heteroatoms. The van der Waals surface area contributed by atoms with Gasteiger partial charge in [-0.3, -0.25) is 9.59 Å². The molecule has 1 aliphatic rings. The van der Waals surface area contributed by atoms with Crippen LogP contribution in [0.2, 0.25) is 5.02 Å². The zero-order valence-corrected chi connectivity index (χ0v) is 13.9. The predicted octanol–water partition coefficient (Wildman–Crippen LogP) is 2.52. The Balaban J connectivity index is 1.54. The number of halogens is 1. The highest BCUT2D eigenvalue weighted by molar-refractivity contribution is 6.31. The van der Waals surface area contributed by atoms with Crippen LogP contribution >= 0.6 is 11.6 Å². The number of carbonyl (C=O) groups excluding carboxylic acids is 1. The van der Waals surface area contributed by atoms with Crippen molar-refractivity contribution in [3.05, 3.63) is 47.0 Å². The Morgan fingerprint density at radius 1 is 1.33 bits per heavy atom. The number of carboxylic acid groups (broad SMARTS) is 1. The normalized spacial score (nSPS) is 17.6. The largest absolute Gasteiger partial charge is 0.481 e. The van der Waals surface area contributed by atoms with Gasteiger partial charge >= 0.3 is 5.97 Å². The number of amides is 1. The lowest BCUT2D eigenvalue weighted by molar-refractivity contribution is -0.141. The minimum atomic E-state index is -0.895. The number of likely N-dealkylation sites (tertiary alicyclic amines) is 1. The molecule has 5 nitrogen and oxygen atoms in total. The smallest absolute Gasteiger partial charge is 0.308 e. The lowest BCUT2D eigenvalue weighted by atomic mass is 10.0. The van der Waals surface area contributed by atoms with Crippen molar-refractivity contribution >= 4 is 34.2 Å². The fourth-order valence-corrected chi connectivity index (χ4v) is 3.25. The van der Waals surface area contributed by atoms with E-state index in [1.165, 1.54) is 5.56 Å². The van der Waals surface area contributed by atoms with E-state index in [9.17, 15) is 9.59 Å². The highest BCUT2D eigenvalue weighted by atomic mass is 35.5.